The van der Waals surface area contributed by atoms with Crippen LogP contribution in [0.3, 0.4) is 0 Å². The number of carbonyl (C=O) groups excluding carboxylic acids is 1. The van der Waals surface area contributed by atoms with Gasteiger partial charge in [0.15, 0.2) is 11.0 Å². The number of carbonyl (C=O) groups is 1. The SMILES string of the molecule is O=C(CSc1nnc(-c2cccnc2)n1-c1ccc(Br)cc1)NN=Cc1cccc(O)c1. The minimum Gasteiger partial charge on any atom is -0.508 e. The van der Waals surface area contributed by atoms with Gasteiger partial charge in [0.2, 0.25) is 0 Å². The van der Waals surface area contributed by atoms with Crippen molar-refractivity contribution in [3.8, 4) is 22.8 Å². The van der Waals surface area contributed by atoms with E-state index in [2.05, 4.69) is 41.6 Å². The van der Waals surface area contributed by atoms with Gasteiger partial charge in [-0.3, -0.25) is 14.3 Å². The van der Waals surface area contributed by atoms with Gasteiger partial charge in [-0.05, 0) is 54.1 Å². The first-order chi connectivity index (χ1) is 15.6. The first-order valence-corrected chi connectivity index (χ1v) is 11.2. The summed E-state index contributed by atoms with van der Waals surface area (Å²) in [6, 6.07) is 18.1. The Balaban J connectivity index is 1.50. The van der Waals surface area contributed by atoms with E-state index in [1.165, 1.54) is 18.0 Å². The molecule has 8 nitrogen and oxygen atoms in total. The highest BCUT2D eigenvalue weighted by atomic mass is 79.9. The van der Waals surface area contributed by atoms with Crippen LogP contribution in [0.2, 0.25) is 0 Å². The quantitative estimate of drug-likeness (QED) is 0.221. The molecule has 0 bridgehead atoms. The number of aromatic hydroxyl groups is 1. The molecule has 0 atom stereocenters. The minimum atomic E-state index is -0.292. The van der Waals surface area contributed by atoms with Crippen LogP contribution >= 0.6 is 27.7 Å². The fourth-order valence-corrected chi connectivity index (χ4v) is 3.82. The number of pyridine rings is 1. The lowest BCUT2D eigenvalue weighted by Gasteiger charge is -2.10. The van der Waals surface area contributed by atoms with E-state index in [9.17, 15) is 9.90 Å². The minimum absolute atomic E-state index is 0.0963. The first-order valence-electron chi connectivity index (χ1n) is 9.45. The highest BCUT2D eigenvalue weighted by Crippen LogP contribution is 2.28. The van der Waals surface area contributed by atoms with Crippen LogP contribution in [0.15, 0.2) is 87.8 Å². The number of hydrogen-bond acceptors (Lipinski definition) is 7. The topological polar surface area (TPSA) is 105 Å². The highest BCUT2D eigenvalue weighted by Gasteiger charge is 2.17. The Kier molecular flexibility index (Phi) is 6.93. The first kappa shape index (κ1) is 21.7. The Morgan fingerprint density at radius 1 is 1.16 bits per heavy atom. The predicted octanol–water partition coefficient (Wildman–Crippen LogP) is 4.04. The van der Waals surface area contributed by atoms with Gasteiger partial charge < -0.3 is 5.11 Å². The lowest BCUT2D eigenvalue weighted by Crippen LogP contribution is -2.20. The van der Waals surface area contributed by atoms with Crippen molar-refractivity contribution in [2.24, 2.45) is 5.10 Å². The molecule has 0 unspecified atom stereocenters. The van der Waals surface area contributed by atoms with E-state index in [1.807, 2.05) is 41.0 Å². The lowest BCUT2D eigenvalue weighted by molar-refractivity contribution is -0.118. The fourth-order valence-electron chi connectivity index (χ4n) is 2.81. The molecule has 0 aliphatic rings. The van der Waals surface area contributed by atoms with E-state index in [0.29, 0.717) is 16.5 Å². The monoisotopic (exact) mass is 508 g/mol. The molecule has 160 valence electrons. The van der Waals surface area contributed by atoms with Crippen LogP contribution in [0, 0.1) is 0 Å². The molecule has 1 amide bonds. The molecule has 2 heterocycles. The maximum Gasteiger partial charge on any atom is 0.250 e. The summed E-state index contributed by atoms with van der Waals surface area (Å²) < 4.78 is 2.84. The zero-order valence-electron chi connectivity index (χ0n) is 16.6. The van der Waals surface area contributed by atoms with Crippen molar-refractivity contribution in [1.82, 2.24) is 25.2 Å². The Labute approximate surface area is 196 Å². The summed E-state index contributed by atoms with van der Waals surface area (Å²) in [5.41, 5.74) is 4.83. The molecule has 0 fully saturated rings. The Bertz CT molecular complexity index is 1250. The molecule has 32 heavy (non-hydrogen) atoms. The number of phenols is 1. The molecule has 2 N–H and O–H groups in total. The fraction of sp³-hybridized carbons (Fsp3) is 0.0455. The zero-order chi connectivity index (χ0) is 22.3. The van der Waals surface area contributed by atoms with Crippen molar-refractivity contribution in [3.63, 3.8) is 0 Å². The summed E-state index contributed by atoms with van der Waals surface area (Å²) in [6.07, 6.45) is 4.88. The number of nitrogens with one attached hydrogen (secondary N) is 1. The van der Waals surface area contributed by atoms with E-state index >= 15 is 0 Å². The molecule has 4 aromatic rings. The number of nitrogens with zero attached hydrogens (tertiary/aromatic N) is 5. The third-order valence-corrected chi connectivity index (χ3v) is 5.70. The summed E-state index contributed by atoms with van der Waals surface area (Å²) in [5, 5.41) is 22.6. The van der Waals surface area contributed by atoms with Gasteiger partial charge in [-0.2, -0.15) is 5.10 Å². The molecule has 0 aliphatic heterocycles. The maximum atomic E-state index is 12.3. The molecule has 10 heteroatoms. The van der Waals surface area contributed by atoms with Gasteiger partial charge in [0, 0.05) is 28.1 Å². The van der Waals surface area contributed by atoms with Gasteiger partial charge in [-0.1, -0.05) is 39.8 Å². The molecule has 0 radical (unpaired) electrons. The lowest BCUT2D eigenvalue weighted by atomic mass is 10.2. The number of hydrazone groups is 1. The van der Waals surface area contributed by atoms with Gasteiger partial charge in [0.05, 0.1) is 12.0 Å². The second kappa shape index (κ2) is 10.2. The predicted molar refractivity (Wildman–Crippen MR) is 127 cm³/mol. The van der Waals surface area contributed by atoms with Crippen LogP contribution < -0.4 is 5.43 Å². The van der Waals surface area contributed by atoms with E-state index in [1.54, 1.807) is 36.7 Å². The van der Waals surface area contributed by atoms with Crippen molar-refractivity contribution < 1.29 is 9.90 Å². The third kappa shape index (κ3) is 5.40. The number of aromatic nitrogens is 4. The van der Waals surface area contributed by atoms with Crippen molar-refractivity contribution in [3.05, 3.63) is 83.1 Å². The number of halogens is 1. The van der Waals surface area contributed by atoms with Crippen molar-refractivity contribution in [2.75, 3.05) is 5.75 Å². The number of benzene rings is 2. The summed E-state index contributed by atoms with van der Waals surface area (Å²) >= 11 is 4.70. The summed E-state index contributed by atoms with van der Waals surface area (Å²) in [5.74, 6) is 0.566. The van der Waals surface area contributed by atoms with Gasteiger partial charge in [0.25, 0.3) is 5.91 Å². The second-order valence-corrected chi connectivity index (χ2v) is 8.39. The Morgan fingerprint density at radius 2 is 2.00 bits per heavy atom. The Hall–Kier alpha value is -3.50. The molecule has 4 rings (SSSR count). The van der Waals surface area contributed by atoms with Crippen LogP contribution in [0.4, 0.5) is 0 Å². The van der Waals surface area contributed by atoms with Crippen LogP contribution in [-0.4, -0.2) is 42.7 Å². The number of hydrogen-bond donors (Lipinski definition) is 2. The highest BCUT2D eigenvalue weighted by molar-refractivity contribution is 9.10. The largest absolute Gasteiger partial charge is 0.508 e. The summed E-state index contributed by atoms with van der Waals surface area (Å²) in [4.78, 5) is 16.4. The molecular weight excluding hydrogens is 492 g/mol. The molecule has 0 saturated heterocycles. The number of rotatable bonds is 7. The standard InChI is InChI=1S/C22H17BrN6O2S/c23-17-6-8-18(9-7-17)29-21(16-4-2-10-24-13-16)27-28-22(29)32-14-20(31)26-25-12-15-3-1-5-19(30)11-15/h1-13,30H,14H2,(H,26,31). The molecule has 2 aromatic heterocycles. The van der Waals surface area contributed by atoms with Gasteiger partial charge in [0.1, 0.15) is 5.75 Å². The van der Waals surface area contributed by atoms with Crippen LogP contribution in [0.1, 0.15) is 5.56 Å². The van der Waals surface area contributed by atoms with Crippen molar-refractivity contribution >= 4 is 39.8 Å². The molecule has 0 saturated carbocycles. The number of thioether (sulfide) groups is 1. The van der Waals surface area contributed by atoms with Crippen molar-refractivity contribution in [2.45, 2.75) is 5.16 Å². The van der Waals surface area contributed by atoms with Crippen molar-refractivity contribution in [1.29, 1.82) is 0 Å². The molecule has 2 aromatic carbocycles. The van der Waals surface area contributed by atoms with E-state index in [0.717, 1.165) is 15.7 Å². The van der Waals surface area contributed by atoms with Crippen LogP contribution in [0.25, 0.3) is 17.1 Å². The summed E-state index contributed by atoms with van der Waals surface area (Å²) in [6.45, 7) is 0. The number of amides is 1. The molecule has 0 aliphatic carbocycles. The van der Waals surface area contributed by atoms with Gasteiger partial charge >= 0.3 is 0 Å². The smallest absolute Gasteiger partial charge is 0.250 e. The van der Waals surface area contributed by atoms with Crippen LogP contribution in [0.5, 0.6) is 5.75 Å². The zero-order valence-corrected chi connectivity index (χ0v) is 19.0. The summed E-state index contributed by atoms with van der Waals surface area (Å²) in [7, 11) is 0. The van der Waals surface area contributed by atoms with Gasteiger partial charge in [-0.25, -0.2) is 5.43 Å². The normalized spacial score (nSPS) is 11.0. The average Bonchev–Trinajstić information content (AvgIpc) is 3.23. The number of phenolic OH excluding ortho intramolecular Hbond substituents is 1. The van der Waals surface area contributed by atoms with E-state index < -0.39 is 0 Å². The van der Waals surface area contributed by atoms with E-state index in [-0.39, 0.29) is 17.4 Å². The maximum absolute atomic E-state index is 12.3. The van der Waals surface area contributed by atoms with E-state index in [4.69, 9.17) is 0 Å². The second-order valence-electron chi connectivity index (χ2n) is 6.54. The Morgan fingerprint density at radius 3 is 2.75 bits per heavy atom. The van der Waals surface area contributed by atoms with Crippen LogP contribution in [-0.2, 0) is 4.79 Å². The third-order valence-electron chi connectivity index (χ3n) is 4.24. The molecule has 0 spiro atoms. The van der Waals surface area contributed by atoms with Gasteiger partial charge in [-0.15, -0.1) is 10.2 Å². The average molecular weight is 509 g/mol. The molecular formula is C22H17BrN6O2S.